The molecule has 0 bridgehead atoms. The van der Waals surface area contributed by atoms with Gasteiger partial charge in [0.2, 0.25) is 0 Å². The molecule has 2 rings (SSSR count). The van der Waals surface area contributed by atoms with E-state index in [1.165, 1.54) is 103 Å². The molecule has 2 fully saturated rings. The zero-order valence-electron chi connectivity index (χ0n) is 37.2. The third kappa shape index (κ3) is 25.5. The van der Waals surface area contributed by atoms with Gasteiger partial charge in [0, 0.05) is 39.9 Å². The van der Waals surface area contributed by atoms with Crippen LogP contribution in [0.5, 0.6) is 0 Å². The lowest BCUT2D eigenvalue weighted by Gasteiger charge is -2.28. The van der Waals surface area contributed by atoms with Gasteiger partial charge in [0.05, 0.1) is 66.1 Å². The molecule has 0 aromatic heterocycles. The van der Waals surface area contributed by atoms with E-state index in [0.717, 1.165) is 25.7 Å². The third-order valence-corrected chi connectivity index (χ3v) is 10.4. The monoisotopic (exact) mass is 801 g/mol. The summed E-state index contributed by atoms with van der Waals surface area (Å²) in [6, 6.07) is 0. The van der Waals surface area contributed by atoms with Crippen molar-refractivity contribution in [3.05, 3.63) is 25.3 Å². The topological polar surface area (TPSA) is 92.3 Å². The van der Waals surface area contributed by atoms with Crippen LogP contribution in [0.15, 0.2) is 25.3 Å². The third-order valence-electron chi connectivity index (χ3n) is 10.4. The van der Waals surface area contributed by atoms with Crippen LogP contribution in [0.25, 0.3) is 0 Å². The fraction of sp³-hybridized carbons (Fsp3) is 0.913. The van der Waals surface area contributed by atoms with Crippen molar-refractivity contribution in [1.82, 2.24) is 0 Å². The Morgan fingerprint density at radius 1 is 0.500 bits per heavy atom. The van der Waals surface area contributed by atoms with Gasteiger partial charge in [-0.15, -0.1) is 13.2 Å². The molecule has 0 aromatic carbocycles. The summed E-state index contributed by atoms with van der Waals surface area (Å²) in [5.74, 6) is -0.799. The van der Waals surface area contributed by atoms with Crippen molar-refractivity contribution in [2.75, 3.05) is 80.3 Å². The van der Waals surface area contributed by atoms with E-state index in [9.17, 15) is 0 Å². The van der Waals surface area contributed by atoms with Gasteiger partial charge in [0.25, 0.3) is 0 Å². The molecule has 0 radical (unpaired) electrons. The lowest BCUT2D eigenvalue weighted by Crippen LogP contribution is -2.32. The summed E-state index contributed by atoms with van der Waals surface area (Å²) in [5.41, 5.74) is 0. The van der Waals surface area contributed by atoms with Crippen molar-refractivity contribution < 1.29 is 47.4 Å². The van der Waals surface area contributed by atoms with E-state index in [0.29, 0.717) is 66.1 Å². The van der Waals surface area contributed by atoms with E-state index >= 15 is 0 Å². The maximum absolute atomic E-state index is 6.39. The molecule has 2 saturated heterocycles. The van der Waals surface area contributed by atoms with Crippen molar-refractivity contribution in [1.29, 1.82) is 0 Å². The Hall–Kier alpha value is -0.920. The quantitative estimate of drug-likeness (QED) is 0.0444. The van der Waals surface area contributed by atoms with Gasteiger partial charge < -0.3 is 47.4 Å². The average Bonchev–Trinajstić information content (AvgIpc) is 3.82. The van der Waals surface area contributed by atoms with Crippen molar-refractivity contribution in [3.63, 3.8) is 0 Å². The highest BCUT2D eigenvalue weighted by molar-refractivity contribution is 4.81. The number of rotatable bonds is 38. The molecule has 2 heterocycles. The van der Waals surface area contributed by atoms with Crippen LogP contribution in [0, 0.1) is 0 Å². The van der Waals surface area contributed by atoms with E-state index in [1.807, 2.05) is 0 Å². The second kappa shape index (κ2) is 36.0. The first-order chi connectivity index (χ1) is 27.4. The van der Waals surface area contributed by atoms with Gasteiger partial charge in [0.1, 0.15) is 24.4 Å². The van der Waals surface area contributed by atoms with Crippen LogP contribution in [0.3, 0.4) is 0 Å². The largest absolute Gasteiger partial charge is 0.377 e. The second-order valence-electron chi connectivity index (χ2n) is 15.6. The fourth-order valence-electron chi connectivity index (χ4n) is 7.05. The van der Waals surface area contributed by atoms with E-state index in [4.69, 9.17) is 47.4 Å². The van der Waals surface area contributed by atoms with Gasteiger partial charge in [-0.25, -0.2) is 0 Å². The van der Waals surface area contributed by atoms with Crippen LogP contribution < -0.4 is 0 Å². The molecule has 332 valence electrons. The van der Waals surface area contributed by atoms with Crippen LogP contribution in [-0.4, -0.2) is 116 Å². The summed E-state index contributed by atoms with van der Waals surface area (Å²) in [6.07, 6.45) is 27.1. The van der Waals surface area contributed by atoms with Crippen LogP contribution >= 0.6 is 0 Å². The number of ether oxygens (including phenoxy) is 10. The zero-order valence-corrected chi connectivity index (χ0v) is 37.2. The summed E-state index contributed by atoms with van der Waals surface area (Å²) in [5, 5.41) is 0. The molecular formula is C46H88O10. The van der Waals surface area contributed by atoms with Gasteiger partial charge in [-0.05, 0) is 25.7 Å². The minimum atomic E-state index is -0.400. The molecule has 0 saturated carbocycles. The fourth-order valence-corrected chi connectivity index (χ4v) is 7.05. The predicted molar refractivity (Wildman–Crippen MR) is 227 cm³/mol. The van der Waals surface area contributed by atoms with Crippen molar-refractivity contribution in [3.8, 4) is 0 Å². The van der Waals surface area contributed by atoms with E-state index in [-0.39, 0.29) is 24.4 Å². The molecule has 10 heteroatoms. The van der Waals surface area contributed by atoms with E-state index < -0.39 is 11.6 Å². The highest BCUT2D eigenvalue weighted by atomic mass is 16.8. The Bertz CT molecular complexity index is 794. The molecule has 0 spiro atoms. The summed E-state index contributed by atoms with van der Waals surface area (Å²) in [7, 11) is 3.36. The highest BCUT2D eigenvalue weighted by Crippen LogP contribution is 2.36. The predicted octanol–water partition coefficient (Wildman–Crippen LogP) is 10.5. The lowest BCUT2D eigenvalue weighted by molar-refractivity contribution is -0.185. The molecule has 0 aromatic rings. The molecule has 2 aliphatic rings. The Labute approximate surface area is 344 Å². The van der Waals surface area contributed by atoms with Crippen LogP contribution in [0.1, 0.15) is 156 Å². The molecular weight excluding hydrogens is 712 g/mol. The first-order valence-electron chi connectivity index (χ1n) is 22.6. The molecule has 4 unspecified atom stereocenters. The van der Waals surface area contributed by atoms with E-state index in [2.05, 4.69) is 40.9 Å². The van der Waals surface area contributed by atoms with Crippen molar-refractivity contribution in [2.24, 2.45) is 0 Å². The van der Waals surface area contributed by atoms with Crippen LogP contribution in [0.2, 0.25) is 0 Å². The van der Waals surface area contributed by atoms with E-state index in [1.54, 1.807) is 26.4 Å². The Balaban J connectivity index is 0.000000560. The first kappa shape index (κ1) is 53.1. The van der Waals surface area contributed by atoms with Crippen molar-refractivity contribution in [2.45, 2.75) is 192 Å². The molecule has 2 aliphatic heterocycles. The average molecular weight is 801 g/mol. The van der Waals surface area contributed by atoms with Gasteiger partial charge >= 0.3 is 0 Å². The molecule has 0 aliphatic carbocycles. The maximum Gasteiger partial charge on any atom is 0.169 e. The van der Waals surface area contributed by atoms with Crippen LogP contribution in [-0.2, 0) is 47.4 Å². The zero-order chi connectivity index (χ0) is 41.0. The van der Waals surface area contributed by atoms with Gasteiger partial charge in [-0.1, -0.05) is 117 Å². The summed E-state index contributed by atoms with van der Waals surface area (Å²) in [4.78, 5) is 0. The first-order valence-corrected chi connectivity index (χ1v) is 22.6. The minimum Gasteiger partial charge on any atom is -0.377 e. The SMILES string of the molecule is C=CCOCC(COCC1COC(CCCCCC)(CCCCCC)O1)OC.C=CCOCC(COCC1COC(CCCCCC)(CCCCCC)O1)OC. The number of unbranched alkanes of at least 4 members (excludes halogenated alkanes) is 12. The van der Waals surface area contributed by atoms with Crippen molar-refractivity contribution >= 4 is 0 Å². The summed E-state index contributed by atoms with van der Waals surface area (Å²) >= 11 is 0. The minimum absolute atomic E-state index is 0.00366. The smallest absolute Gasteiger partial charge is 0.169 e. The lowest BCUT2D eigenvalue weighted by atomic mass is 10.00. The van der Waals surface area contributed by atoms with Gasteiger partial charge in [-0.2, -0.15) is 0 Å². The molecule has 0 N–H and O–H groups in total. The normalized spacial score (nSPS) is 19.8. The summed E-state index contributed by atoms with van der Waals surface area (Å²) < 4.78 is 58.6. The molecule has 4 atom stereocenters. The standard InChI is InChI=1S/2C23H44O5/c2*1-5-8-10-12-14-23(15-13-11-9-6-2)27-20-22(28-23)19-26-18-21(24-4)17-25-16-7-3/h2*7,21-22H,3,5-6,8-20H2,1-2,4H3. The van der Waals surface area contributed by atoms with Gasteiger partial charge in [-0.3, -0.25) is 0 Å². The number of hydrogen-bond acceptors (Lipinski definition) is 10. The second-order valence-corrected chi connectivity index (χ2v) is 15.6. The number of hydrogen-bond donors (Lipinski definition) is 0. The van der Waals surface area contributed by atoms with Crippen LogP contribution in [0.4, 0.5) is 0 Å². The molecule has 0 amide bonds. The highest BCUT2D eigenvalue weighted by Gasteiger charge is 2.41. The van der Waals surface area contributed by atoms with Gasteiger partial charge in [0.15, 0.2) is 11.6 Å². The number of methoxy groups -OCH3 is 2. The Morgan fingerprint density at radius 2 is 0.821 bits per heavy atom. The molecule has 56 heavy (non-hydrogen) atoms. The maximum atomic E-state index is 6.39. The Morgan fingerprint density at radius 3 is 1.11 bits per heavy atom. The Kier molecular flexibility index (Phi) is 34.1. The molecule has 10 nitrogen and oxygen atoms in total. The summed E-state index contributed by atoms with van der Waals surface area (Å²) in [6.45, 7) is 21.6.